The summed E-state index contributed by atoms with van der Waals surface area (Å²) in [7, 11) is 0. The Morgan fingerprint density at radius 1 is 1.33 bits per heavy atom. The van der Waals surface area contributed by atoms with Crippen LogP contribution >= 0.6 is 0 Å². The lowest BCUT2D eigenvalue weighted by atomic mass is 10.1. The first kappa shape index (κ1) is 12.4. The van der Waals surface area contributed by atoms with E-state index in [9.17, 15) is 9.59 Å². The number of hydrogen-bond donors (Lipinski definition) is 2. The number of amides is 2. The number of primary amides is 1. The number of rotatable bonds is 4. The highest BCUT2D eigenvalue weighted by atomic mass is 16.2. The van der Waals surface area contributed by atoms with Gasteiger partial charge in [-0.1, -0.05) is 17.7 Å². The lowest BCUT2D eigenvalue weighted by Gasteiger charge is -2.07. The predicted octanol–water partition coefficient (Wildman–Crippen LogP) is 2.08. The highest BCUT2D eigenvalue weighted by Gasteiger charge is 2.23. The maximum absolute atomic E-state index is 11.8. The fraction of sp³-hybridized carbons (Fsp3) is 0.286. The van der Waals surface area contributed by atoms with E-state index in [2.05, 4.69) is 5.32 Å². The van der Waals surface area contributed by atoms with Crippen LogP contribution in [0.1, 0.15) is 30.1 Å². The van der Waals surface area contributed by atoms with E-state index in [1.54, 1.807) is 30.3 Å². The van der Waals surface area contributed by atoms with Gasteiger partial charge in [-0.2, -0.15) is 0 Å². The number of carbonyl (C=O) groups is 2. The van der Waals surface area contributed by atoms with E-state index in [1.165, 1.54) is 0 Å². The molecule has 0 aromatic heterocycles. The number of nitrogens with two attached hydrogens (primary N) is 1. The van der Waals surface area contributed by atoms with Crippen LogP contribution in [-0.4, -0.2) is 11.8 Å². The molecular formula is C14H16N2O2. The summed E-state index contributed by atoms with van der Waals surface area (Å²) in [6.45, 7) is 1.96. The molecule has 0 atom stereocenters. The summed E-state index contributed by atoms with van der Waals surface area (Å²) < 4.78 is 0. The molecule has 1 fully saturated rings. The molecule has 0 saturated heterocycles. The molecule has 3 N–H and O–H groups in total. The van der Waals surface area contributed by atoms with Gasteiger partial charge in [0, 0.05) is 6.08 Å². The SMILES string of the molecule is CC(=CC(=O)Nc1ccccc1C(N)=O)C1CC1. The number of carbonyl (C=O) groups excluding carboxylic acids is 2. The lowest BCUT2D eigenvalue weighted by molar-refractivity contribution is -0.112. The highest BCUT2D eigenvalue weighted by molar-refractivity contribution is 6.06. The van der Waals surface area contributed by atoms with Gasteiger partial charge < -0.3 is 11.1 Å². The number of para-hydroxylation sites is 1. The fourth-order valence-corrected chi connectivity index (χ4v) is 1.84. The van der Waals surface area contributed by atoms with Crippen LogP contribution in [0, 0.1) is 5.92 Å². The molecule has 18 heavy (non-hydrogen) atoms. The second-order valence-electron chi connectivity index (χ2n) is 4.56. The van der Waals surface area contributed by atoms with E-state index >= 15 is 0 Å². The van der Waals surface area contributed by atoms with E-state index < -0.39 is 5.91 Å². The van der Waals surface area contributed by atoms with Gasteiger partial charge in [-0.25, -0.2) is 0 Å². The zero-order valence-corrected chi connectivity index (χ0v) is 10.3. The Morgan fingerprint density at radius 3 is 2.61 bits per heavy atom. The summed E-state index contributed by atoms with van der Waals surface area (Å²) in [6.07, 6.45) is 3.91. The quantitative estimate of drug-likeness (QED) is 0.796. The van der Waals surface area contributed by atoms with Crippen LogP contribution < -0.4 is 11.1 Å². The van der Waals surface area contributed by atoms with E-state index in [4.69, 9.17) is 5.73 Å². The molecule has 0 radical (unpaired) electrons. The van der Waals surface area contributed by atoms with Crippen molar-refractivity contribution in [3.8, 4) is 0 Å². The molecule has 2 amide bonds. The Bertz CT molecular complexity index is 516. The van der Waals surface area contributed by atoms with E-state index in [0.29, 0.717) is 17.2 Å². The zero-order valence-electron chi connectivity index (χ0n) is 10.3. The molecular weight excluding hydrogens is 228 g/mol. The Kier molecular flexibility index (Phi) is 3.46. The summed E-state index contributed by atoms with van der Waals surface area (Å²) in [6, 6.07) is 6.72. The largest absolute Gasteiger partial charge is 0.366 e. The van der Waals surface area contributed by atoms with Gasteiger partial charge in [0.15, 0.2) is 0 Å². The van der Waals surface area contributed by atoms with Gasteiger partial charge in [0.25, 0.3) is 5.91 Å². The molecule has 94 valence electrons. The van der Waals surface area contributed by atoms with Crippen molar-refractivity contribution in [3.63, 3.8) is 0 Å². The molecule has 0 spiro atoms. The minimum absolute atomic E-state index is 0.215. The highest BCUT2D eigenvalue weighted by Crippen LogP contribution is 2.35. The standard InChI is InChI=1S/C14H16N2O2/c1-9(10-6-7-10)8-13(17)16-12-5-3-2-4-11(12)14(15)18/h2-5,8,10H,6-7H2,1H3,(H2,15,18)(H,16,17). The van der Waals surface area contributed by atoms with Crippen molar-refractivity contribution in [1.29, 1.82) is 0 Å². The van der Waals surface area contributed by atoms with Crippen molar-refractivity contribution >= 4 is 17.5 Å². The maximum atomic E-state index is 11.8. The Labute approximate surface area is 106 Å². The van der Waals surface area contributed by atoms with Crippen molar-refractivity contribution in [3.05, 3.63) is 41.5 Å². The van der Waals surface area contributed by atoms with Gasteiger partial charge in [0.05, 0.1) is 11.3 Å². The van der Waals surface area contributed by atoms with E-state index in [0.717, 1.165) is 18.4 Å². The van der Waals surface area contributed by atoms with Crippen LogP contribution in [0.4, 0.5) is 5.69 Å². The summed E-state index contributed by atoms with van der Waals surface area (Å²) in [5.74, 6) is -0.205. The molecule has 0 heterocycles. The molecule has 0 unspecified atom stereocenters. The fourth-order valence-electron chi connectivity index (χ4n) is 1.84. The first-order valence-electron chi connectivity index (χ1n) is 5.96. The summed E-state index contributed by atoms with van der Waals surface area (Å²) >= 11 is 0. The van der Waals surface area contributed by atoms with Crippen LogP contribution in [0.3, 0.4) is 0 Å². The smallest absolute Gasteiger partial charge is 0.250 e. The molecule has 1 aromatic carbocycles. The number of anilines is 1. The average molecular weight is 244 g/mol. The molecule has 1 aliphatic carbocycles. The number of nitrogens with one attached hydrogen (secondary N) is 1. The normalized spacial score (nSPS) is 15.3. The average Bonchev–Trinajstić information content (AvgIpc) is 3.12. The third-order valence-electron chi connectivity index (χ3n) is 3.03. The van der Waals surface area contributed by atoms with Crippen LogP contribution in [0.15, 0.2) is 35.9 Å². The van der Waals surface area contributed by atoms with Gasteiger partial charge in [0.2, 0.25) is 5.91 Å². The lowest BCUT2D eigenvalue weighted by Crippen LogP contribution is -2.17. The van der Waals surface area contributed by atoms with Crippen molar-refractivity contribution in [2.45, 2.75) is 19.8 Å². The molecule has 4 heteroatoms. The third-order valence-corrected chi connectivity index (χ3v) is 3.03. The molecule has 1 aromatic rings. The van der Waals surface area contributed by atoms with E-state index in [-0.39, 0.29) is 5.91 Å². The van der Waals surface area contributed by atoms with Crippen molar-refractivity contribution < 1.29 is 9.59 Å². The van der Waals surface area contributed by atoms with Gasteiger partial charge >= 0.3 is 0 Å². The maximum Gasteiger partial charge on any atom is 0.250 e. The van der Waals surface area contributed by atoms with Gasteiger partial charge in [-0.15, -0.1) is 0 Å². The summed E-state index contributed by atoms with van der Waals surface area (Å²) in [4.78, 5) is 23.0. The third kappa shape index (κ3) is 2.97. The Hall–Kier alpha value is -2.10. The number of benzene rings is 1. The first-order valence-corrected chi connectivity index (χ1v) is 5.96. The minimum atomic E-state index is -0.547. The zero-order chi connectivity index (χ0) is 13.1. The molecule has 0 aliphatic heterocycles. The van der Waals surface area contributed by atoms with Crippen molar-refractivity contribution in [2.24, 2.45) is 11.7 Å². The predicted molar refractivity (Wildman–Crippen MR) is 70.1 cm³/mol. The van der Waals surface area contributed by atoms with E-state index in [1.807, 2.05) is 6.92 Å². The second-order valence-corrected chi connectivity index (χ2v) is 4.56. The first-order chi connectivity index (χ1) is 8.58. The molecule has 0 bridgehead atoms. The Balaban J connectivity index is 2.11. The molecule has 1 aliphatic rings. The number of allylic oxidation sites excluding steroid dienone is 1. The topological polar surface area (TPSA) is 72.2 Å². The monoisotopic (exact) mass is 244 g/mol. The second kappa shape index (κ2) is 5.04. The molecule has 2 rings (SSSR count). The van der Waals surface area contributed by atoms with Gasteiger partial charge in [-0.3, -0.25) is 9.59 Å². The molecule has 1 saturated carbocycles. The van der Waals surface area contributed by atoms with Gasteiger partial charge in [0.1, 0.15) is 0 Å². The van der Waals surface area contributed by atoms with Crippen LogP contribution in [0.2, 0.25) is 0 Å². The van der Waals surface area contributed by atoms with Crippen LogP contribution in [0.5, 0.6) is 0 Å². The van der Waals surface area contributed by atoms with Crippen LogP contribution in [-0.2, 0) is 4.79 Å². The summed E-state index contributed by atoms with van der Waals surface area (Å²) in [5.41, 5.74) is 7.11. The Morgan fingerprint density at radius 2 is 2.00 bits per heavy atom. The number of hydrogen-bond acceptors (Lipinski definition) is 2. The van der Waals surface area contributed by atoms with Crippen molar-refractivity contribution in [1.82, 2.24) is 0 Å². The van der Waals surface area contributed by atoms with Gasteiger partial charge in [-0.05, 0) is 37.8 Å². The van der Waals surface area contributed by atoms with Crippen molar-refractivity contribution in [2.75, 3.05) is 5.32 Å². The van der Waals surface area contributed by atoms with Crippen LogP contribution in [0.25, 0.3) is 0 Å². The minimum Gasteiger partial charge on any atom is -0.366 e. The molecule has 4 nitrogen and oxygen atoms in total. The summed E-state index contributed by atoms with van der Waals surface area (Å²) in [5, 5.41) is 2.69.